The molecular weight excluding hydrogens is 282 g/mol. The lowest BCUT2D eigenvalue weighted by atomic mass is 9.69. The van der Waals surface area contributed by atoms with Gasteiger partial charge in [-0.25, -0.2) is 0 Å². The largest absolute Gasteiger partial charge is 0.493 e. The zero-order valence-corrected chi connectivity index (χ0v) is 12.7. The molecule has 3 rings (SSSR count). The number of rotatable bonds is 4. The smallest absolute Gasteiger partial charge is 0.210 e. The number of benzene rings is 1. The van der Waals surface area contributed by atoms with E-state index in [0.717, 1.165) is 18.4 Å². The van der Waals surface area contributed by atoms with Crippen molar-refractivity contribution >= 4 is 12.2 Å². The summed E-state index contributed by atoms with van der Waals surface area (Å²) in [6.45, 7) is 0.653. The van der Waals surface area contributed by atoms with Crippen molar-refractivity contribution in [1.82, 2.24) is 4.90 Å². The zero-order valence-electron chi connectivity index (χ0n) is 12.7. The maximum atomic E-state index is 11.8. The summed E-state index contributed by atoms with van der Waals surface area (Å²) in [6.07, 6.45) is 5.61. The topological polar surface area (TPSA) is 55.8 Å². The molecule has 1 aromatic carbocycles. The number of ketones is 1. The maximum absolute atomic E-state index is 11.8. The van der Waals surface area contributed by atoms with E-state index in [1.165, 1.54) is 0 Å². The van der Waals surface area contributed by atoms with E-state index in [0.29, 0.717) is 24.5 Å². The van der Waals surface area contributed by atoms with E-state index in [1.54, 1.807) is 25.2 Å². The fraction of sp³-hybridized carbons (Fsp3) is 0.412. The Kier molecular flexibility index (Phi) is 3.64. The number of methoxy groups -OCH3 is 2. The van der Waals surface area contributed by atoms with E-state index in [1.807, 2.05) is 24.3 Å². The highest BCUT2D eigenvalue weighted by molar-refractivity contribution is 5.92. The van der Waals surface area contributed by atoms with Crippen LogP contribution < -0.4 is 9.47 Å². The van der Waals surface area contributed by atoms with E-state index in [4.69, 9.17) is 9.47 Å². The summed E-state index contributed by atoms with van der Waals surface area (Å²) in [7, 11) is 3.20. The molecule has 0 radical (unpaired) electrons. The number of nitrogens with zero attached hydrogens (tertiary/aromatic N) is 1. The lowest BCUT2D eigenvalue weighted by Crippen LogP contribution is -2.44. The van der Waals surface area contributed by atoms with Gasteiger partial charge < -0.3 is 14.4 Å². The van der Waals surface area contributed by atoms with Crippen LogP contribution in [0, 0.1) is 0 Å². The van der Waals surface area contributed by atoms with Crippen LogP contribution in [0.5, 0.6) is 11.5 Å². The number of ether oxygens (including phenoxy) is 2. The van der Waals surface area contributed by atoms with Crippen molar-refractivity contribution in [3.05, 3.63) is 35.9 Å². The molecule has 22 heavy (non-hydrogen) atoms. The van der Waals surface area contributed by atoms with Crippen LogP contribution in [-0.2, 0) is 15.0 Å². The first-order valence-electron chi connectivity index (χ1n) is 7.30. The van der Waals surface area contributed by atoms with Gasteiger partial charge in [0.25, 0.3) is 0 Å². The maximum Gasteiger partial charge on any atom is 0.210 e. The molecule has 1 amide bonds. The van der Waals surface area contributed by atoms with Gasteiger partial charge >= 0.3 is 0 Å². The third kappa shape index (κ3) is 2.08. The summed E-state index contributed by atoms with van der Waals surface area (Å²) in [5.74, 6) is 1.39. The number of carbonyl (C=O) groups is 2. The standard InChI is InChI=1S/C17H19NO4/c1-21-14-4-3-12(9-15(14)22-2)17-6-5-13(20)10-16(17)18(11-19)8-7-17/h3-6,9,11,16H,7-8,10H2,1-2H3. The highest BCUT2D eigenvalue weighted by Gasteiger charge is 2.49. The fourth-order valence-electron chi connectivity index (χ4n) is 3.61. The van der Waals surface area contributed by atoms with Gasteiger partial charge in [-0.15, -0.1) is 0 Å². The van der Waals surface area contributed by atoms with Gasteiger partial charge in [0.1, 0.15) is 0 Å². The second kappa shape index (κ2) is 5.48. The van der Waals surface area contributed by atoms with Crippen LogP contribution in [-0.4, -0.2) is 43.9 Å². The lowest BCUT2D eigenvalue weighted by molar-refractivity contribution is -0.121. The highest BCUT2D eigenvalue weighted by Crippen LogP contribution is 2.46. The van der Waals surface area contributed by atoms with E-state index in [-0.39, 0.29) is 17.2 Å². The number of amides is 1. The van der Waals surface area contributed by atoms with Crippen LogP contribution in [0.2, 0.25) is 0 Å². The first kappa shape index (κ1) is 14.6. The summed E-state index contributed by atoms with van der Waals surface area (Å²) < 4.78 is 10.7. The minimum Gasteiger partial charge on any atom is -0.493 e. The second-order valence-corrected chi connectivity index (χ2v) is 5.72. The molecule has 5 nitrogen and oxygen atoms in total. The minimum atomic E-state index is -0.325. The van der Waals surface area contributed by atoms with Crippen molar-refractivity contribution in [1.29, 1.82) is 0 Å². The molecule has 2 atom stereocenters. The highest BCUT2D eigenvalue weighted by atomic mass is 16.5. The van der Waals surface area contributed by atoms with E-state index in [9.17, 15) is 9.59 Å². The van der Waals surface area contributed by atoms with Gasteiger partial charge in [-0.05, 0) is 30.2 Å². The van der Waals surface area contributed by atoms with Crippen LogP contribution in [0.4, 0.5) is 0 Å². The Morgan fingerprint density at radius 1 is 1.27 bits per heavy atom. The van der Waals surface area contributed by atoms with E-state index >= 15 is 0 Å². The number of likely N-dealkylation sites (tertiary alicyclic amines) is 1. The van der Waals surface area contributed by atoms with E-state index in [2.05, 4.69) is 0 Å². The Morgan fingerprint density at radius 2 is 2.05 bits per heavy atom. The monoisotopic (exact) mass is 301 g/mol. The SMILES string of the molecule is COc1ccc(C23C=CC(=O)CC2N(C=O)CC3)cc1OC. The van der Waals surface area contributed by atoms with Crippen LogP contribution >= 0.6 is 0 Å². The van der Waals surface area contributed by atoms with Gasteiger partial charge in [-0.3, -0.25) is 9.59 Å². The molecule has 2 aliphatic rings. The molecular formula is C17H19NO4. The Morgan fingerprint density at radius 3 is 2.73 bits per heavy atom. The Balaban J connectivity index is 2.10. The van der Waals surface area contributed by atoms with Crippen molar-refractivity contribution in [3.63, 3.8) is 0 Å². The molecule has 2 unspecified atom stereocenters. The van der Waals surface area contributed by atoms with Gasteiger partial charge in [0.15, 0.2) is 17.3 Å². The number of fused-ring (bicyclic) bond motifs is 1. The lowest BCUT2D eigenvalue weighted by Gasteiger charge is -2.37. The quantitative estimate of drug-likeness (QED) is 0.794. The molecule has 0 bridgehead atoms. The van der Waals surface area contributed by atoms with Crippen molar-refractivity contribution in [3.8, 4) is 11.5 Å². The first-order valence-corrected chi connectivity index (χ1v) is 7.30. The summed E-state index contributed by atoms with van der Waals surface area (Å²) in [6, 6.07) is 5.68. The molecule has 1 saturated heterocycles. The van der Waals surface area contributed by atoms with Crippen molar-refractivity contribution in [2.24, 2.45) is 0 Å². The van der Waals surface area contributed by atoms with Gasteiger partial charge in [-0.1, -0.05) is 12.1 Å². The Labute approximate surface area is 129 Å². The number of hydrogen-bond donors (Lipinski definition) is 0. The normalized spacial score (nSPS) is 26.7. The fourth-order valence-corrected chi connectivity index (χ4v) is 3.61. The summed E-state index contributed by atoms with van der Waals surface area (Å²) in [5, 5.41) is 0. The van der Waals surface area contributed by atoms with Crippen LogP contribution in [0.25, 0.3) is 0 Å². The first-order chi connectivity index (χ1) is 10.6. The molecule has 0 N–H and O–H groups in total. The van der Waals surface area contributed by atoms with Crippen molar-refractivity contribution in [2.45, 2.75) is 24.3 Å². The van der Waals surface area contributed by atoms with Crippen molar-refractivity contribution < 1.29 is 19.1 Å². The molecule has 1 heterocycles. The van der Waals surface area contributed by atoms with Gasteiger partial charge in [0, 0.05) is 18.4 Å². The molecule has 1 aliphatic heterocycles. The van der Waals surface area contributed by atoms with Crippen molar-refractivity contribution in [2.75, 3.05) is 20.8 Å². The predicted octanol–water partition coefficient (Wildman–Crippen LogP) is 1.70. The molecule has 5 heteroatoms. The third-order valence-corrected chi connectivity index (χ3v) is 4.80. The van der Waals surface area contributed by atoms with Crippen LogP contribution in [0.1, 0.15) is 18.4 Å². The van der Waals surface area contributed by atoms with Crippen LogP contribution in [0.15, 0.2) is 30.4 Å². The molecule has 1 fully saturated rings. The van der Waals surface area contributed by atoms with Crippen LogP contribution in [0.3, 0.4) is 0 Å². The number of carbonyl (C=O) groups excluding carboxylic acids is 2. The zero-order chi connectivity index (χ0) is 15.7. The summed E-state index contributed by atoms with van der Waals surface area (Å²) in [4.78, 5) is 24.8. The molecule has 0 saturated carbocycles. The summed E-state index contributed by atoms with van der Waals surface area (Å²) in [5.41, 5.74) is 0.720. The van der Waals surface area contributed by atoms with Gasteiger partial charge in [0.05, 0.1) is 20.3 Å². The average Bonchev–Trinajstić information content (AvgIpc) is 2.93. The van der Waals surface area contributed by atoms with E-state index < -0.39 is 0 Å². The molecule has 116 valence electrons. The molecule has 1 aliphatic carbocycles. The average molecular weight is 301 g/mol. The third-order valence-electron chi connectivity index (χ3n) is 4.80. The minimum absolute atomic E-state index is 0.0647. The van der Waals surface area contributed by atoms with Gasteiger partial charge in [0.2, 0.25) is 6.41 Å². The number of hydrogen-bond acceptors (Lipinski definition) is 4. The predicted molar refractivity (Wildman–Crippen MR) is 81.2 cm³/mol. The van der Waals surface area contributed by atoms with Gasteiger partial charge in [-0.2, -0.15) is 0 Å². The number of allylic oxidation sites excluding steroid dienone is 1. The Hall–Kier alpha value is -2.30. The Bertz CT molecular complexity index is 640. The molecule has 0 aromatic heterocycles. The summed E-state index contributed by atoms with van der Waals surface area (Å²) >= 11 is 0. The molecule has 1 aromatic rings. The second-order valence-electron chi connectivity index (χ2n) is 5.72. The molecule has 0 spiro atoms.